The van der Waals surface area contributed by atoms with Crippen LogP contribution in [0.5, 0.6) is 0 Å². The highest BCUT2D eigenvalue weighted by Crippen LogP contribution is 2.08. The van der Waals surface area contributed by atoms with Gasteiger partial charge in [-0.1, -0.05) is 0 Å². The summed E-state index contributed by atoms with van der Waals surface area (Å²) >= 11 is 0. The molecule has 1 aliphatic rings. The van der Waals surface area contributed by atoms with Gasteiger partial charge in [-0.2, -0.15) is 0 Å². The Bertz CT molecular complexity index is 411. The van der Waals surface area contributed by atoms with E-state index in [1.807, 2.05) is 6.92 Å². The third-order valence-electron chi connectivity index (χ3n) is 3.86. The first-order chi connectivity index (χ1) is 9.16. The number of nitrogens with one attached hydrogen (secondary N) is 2. The molecule has 3 nitrogen and oxygen atoms in total. The molecule has 2 N–H and O–H groups in total. The Morgan fingerprint density at radius 3 is 2.32 bits per heavy atom. The zero-order valence-electron chi connectivity index (χ0n) is 11.4. The van der Waals surface area contributed by atoms with Crippen molar-refractivity contribution in [3.63, 3.8) is 0 Å². The molecular weight excluding hydrogens is 243 g/mol. The Kier molecular flexibility index (Phi) is 4.91. The Morgan fingerprint density at radius 2 is 1.74 bits per heavy atom. The molecule has 104 valence electrons. The second-order valence-electron chi connectivity index (χ2n) is 5.29. The summed E-state index contributed by atoms with van der Waals surface area (Å²) in [5, 5.41) is 2.86. The number of hydrogen-bond acceptors (Lipinski definition) is 1. The number of rotatable bonds is 3. The molecule has 0 bridgehead atoms. The first kappa shape index (κ1) is 14.0. The van der Waals surface area contributed by atoms with E-state index in [4.69, 9.17) is 0 Å². The van der Waals surface area contributed by atoms with Gasteiger partial charge in [-0.3, -0.25) is 4.79 Å². The zero-order valence-corrected chi connectivity index (χ0v) is 11.4. The fraction of sp³-hybridized carbons (Fsp3) is 0.533. The van der Waals surface area contributed by atoms with Crippen LogP contribution in [-0.2, 0) is 4.79 Å². The summed E-state index contributed by atoms with van der Waals surface area (Å²) in [6, 6.07) is 5.86. The maximum Gasteiger partial charge on any atom is 0.282 e. The predicted molar refractivity (Wildman–Crippen MR) is 73.7 cm³/mol. The molecule has 1 aromatic carbocycles. The lowest BCUT2D eigenvalue weighted by Gasteiger charge is -2.23. The monoisotopic (exact) mass is 265 g/mol. The van der Waals surface area contributed by atoms with Crippen LogP contribution in [0.15, 0.2) is 24.3 Å². The summed E-state index contributed by atoms with van der Waals surface area (Å²) in [5.74, 6) is -0.271. The van der Waals surface area contributed by atoms with Crippen molar-refractivity contribution in [1.29, 1.82) is 0 Å². The van der Waals surface area contributed by atoms with Gasteiger partial charge in [-0.05, 0) is 56.9 Å². The fourth-order valence-electron chi connectivity index (χ4n) is 2.58. The van der Waals surface area contributed by atoms with Crippen LogP contribution in [-0.4, -0.2) is 25.0 Å². The lowest BCUT2D eigenvalue weighted by Crippen LogP contribution is -3.16. The Hall–Kier alpha value is -1.42. The summed E-state index contributed by atoms with van der Waals surface area (Å²) in [5.41, 5.74) is 0.660. The lowest BCUT2D eigenvalue weighted by molar-refractivity contribution is -0.913. The molecule has 0 saturated carbocycles. The maximum atomic E-state index is 12.8. The second-order valence-corrected chi connectivity index (χ2v) is 5.29. The molecule has 0 aromatic heterocycles. The van der Waals surface area contributed by atoms with E-state index in [0.29, 0.717) is 5.69 Å². The van der Waals surface area contributed by atoms with E-state index in [9.17, 15) is 9.18 Å². The van der Waals surface area contributed by atoms with E-state index < -0.39 is 0 Å². The van der Waals surface area contributed by atoms with Crippen LogP contribution >= 0.6 is 0 Å². The van der Waals surface area contributed by atoms with Gasteiger partial charge in [0, 0.05) is 5.69 Å². The van der Waals surface area contributed by atoms with Crippen molar-refractivity contribution in [2.24, 2.45) is 0 Å². The van der Waals surface area contributed by atoms with Crippen molar-refractivity contribution in [2.45, 2.75) is 38.6 Å². The van der Waals surface area contributed by atoms with Gasteiger partial charge in [0.05, 0.1) is 13.1 Å². The van der Waals surface area contributed by atoms with E-state index in [0.717, 1.165) is 13.1 Å². The van der Waals surface area contributed by atoms with E-state index in [1.165, 1.54) is 42.7 Å². The van der Waals surface area contributed by atoms with Gasteiger partial charge in [-0.15, -0.1) is 0 Å². The number of hydrogen-bond donors (Lipinski definition) is 2. The van der Waals surface area contributed by atoms with Crippen molar-refractivity contribution < 1.29 is 14.1 Å². The van der Waals surface area contributed by atoms with Crippen molar-refractivity contribution >= 4 is 11.6 Å². The Labute approximate surface area is 113 Å². The Morgan fingerprint density at radius 1 is 1.16 bits per heavy atom. The van der Waals surface area contributed by atoms with Crippen LogP contribution in [0.3, 0.4) is 0 Å². The number of carbonyl (C=O) groups is 1. The number of likely N-dealkylation sites (tertiary alicyclic amines) is 1. The first-order valence-corrected chi connectivity index (χ1v) is 7.08. The standard InChI is InChI=1S/C15H21FN2O/c1-12(18-10-4-2-3-5-11-18)15(19)17-14-8-6-13(16)7-9-14/h6-9,12H,2-5,10-11H2,1H3,(H,17,19)/p+1/t12-/m0/s1. The van der Waals surface area contributed by atoms with E-state index in [2.05, 4.69) is 5.32 Å². The van der Waals surface area contributed by atoms with E-state index in [-0.39, 0.29) is 17.8 Å². The molecule has 4 heteroatoms. The number of benzene rings is 1. The van der Waals surface area contributed by atoms with Crippen molar-refractivity contribution in [2.75, 3.05) is 18.4 Å². The predicted octanol–water partition coefficient (Wildman–Crippen LogP) is 1.61. The molecule has 1 amide bonds. The quantitative estimate of drug-likeness (QED) is 0.855. The number of anilines is 1. The molecule has 1 aromatic rings. The van der Waals surface area contributed by atoms with Gasteiger partial charge >= 0.3 is 0 Å². The van der Waals surface area contributed by atoms with Crippen LogP contribution < -0.4 is 10.2 Å². The SMILES string of the molecule is C[C@@H](C(=O)Nc1ccc(F)cc1)[NH+]1CCCCCC1. The molecule has 1 heterocycles. The first-order valence-electron chi connectivity index (χ1n) is 7.08. The van der Waals surface area contributed by atoms with Crippen molar-refractivity contribution in [3.8, 4) is 0 Å². The van der Waals surface area contributed by atoms with E-state index in [1.54, 1.807) is 12.1 Å². The van der Waals surface area contributed by atoms with Gasteiger partial charge in [0.15, 0.2) is 6.04 Å². The normalized spacial score (nSPS) is 18.6. The number of carbonyl (C=O) groups excluding carboxylic acids is 1. The summed E-state index contributed by atoms with van der Waals surface area (Å²) in [4.78, 5) is 13.5. The number of amides is 1. The third-order valence-corrected chi connectivity index (χ3v) is 3.86. The fourth-order valence-corrected chi connectivity index (χ4v) is 2.58. The minimum absolute atomic E-state index is 0.0171. The average molecular weight is 265 g/mol. The Balaban J connectivity index is 1.92. The van der Waals surface area contributed by atoms with Gasteiger partial charge < -0.3 is 10.2 Å². The molecule has 0 aliphatic carbocycles. The minimum atomic E-state index is -0.288. The maximum absolute atomic E-state index is 12.8. The molecule has 0 unspecified atom stereocenters. The van der Waals surface area contributed by atoms with Crippen molar-refractivity contribution in [3.05, 3.63) is 30.1 Å². The molecule has 0 spiro atoms. The third kappa shape index (κ3) is 4.03. The summed E-state index contributed by atoms with van der Waals surface area (Å²) in [7, 11) is 0. The minimum Gasteiger partial charge on any atom is -0.325 e. The second kappa shape index (κ2) is 6.66. The molecule has 19 heavy (non-hydrogen) atoms. The van der Waals surface area contributed by atoms with Crippen molar-refractivity contribution in [1.82, 2.24) is 0 Å². The summed E-state index contributed by atoms with van der Waals surface area (Å²) in [6.07, 6.45) is 4.94. The number of quaternary nitrogens is 1. The van der Waals surface area contributed by atoms with Gasteiger partial charge in [0.25, 0.3) is 5.91 Å². The van der Waals surface area contributed by atoms with Gasteiger partial charge in [0.2, 0.25) is 0 Å². The number of halogens is 1. The zero-order chi connectivity index (χ0) is 13.7. The lowest BCUT2D eigenvalue weighted by atomic mass is 10.2. The van der Waals surface area contributed by atoms with Gasteiger partial charge in [0.1, 0.15) is 5.82 Å². The molecule has 0 radical (unpaired) electrons. The van der Waals surface area contributed by atoms with Crippen LogP contribution in [0, 0.1) is 5.82 Å². The van der Waals surface area contributed by atoms with Crippen LogP contribution in [0.25, 0.3) is 0 Å². The molecule has 1 saturated heterocycles. The molecular formula is C15H22FN2O+. The summed E-state index contributed by atoms with van der Waals surface area (Å²) in [6.45, 7) is 4.11. The van der Waals surface area contributed by atoms with Crippen LogP contribution in [0.2, 0.25) is 0 Å². The largest absolute Gasteiger partial charge is 0.325 e. The average Bonchev–Trinajstić information content (AvgIpc) is 2.69. The topological polar surface area (TPSA) is 33.5 Å². The molecule has 2 rings (SSSR count). The van der Waals surface area contributed by atoms with Crippen LogP contribution in [0.1, 0.15) is 32.6 Å². The highest BCUT2D eigenvalue weighted by atomic mass is 19.1. The smallest absolute Gasteiger partial charge is 0.282 e. The van der Waals surface area contributed by atoms with Crippen LogP contribution in [0.4, 0.5) is 10.1 Å². The highest BCUT2D eigenvalue weighted by molar-refractivity contribution is 5.93. The van der Waals surface area contributed by atoms with E-state index >= 15 is 0 Å². The highest BCUT2D eigenvalue weighted by Gasteiger charge is 2.25. The molecule has 1 aliphatic heterocycles. The molecule has 1 fully saturated rings. The van der Waals surface area contributed by atoms with Gasteiger partial charge in [-0.25, -0.2) is 4.39 Å². The summed E-state index contributed by atoms with van der Waals surface area (Å²) < 4.78 is 12.8. The molecule has 1 atom stereocenters.